The second-order valence-corrected chi connectivity index (χ2v) is 3.96. The Morgan fingerprint density at radius 1 is 1.64 bits per heavy atom. The van der Waals surface area contributed by atoms with Crippen molar-refractivity contribution in [1.29, 1.82) is 0 Å². The number of carboxylic acid groups (broad SMARTS) is 1. The molecule has 1 rings (SSSR count). The number of carboxylic acids is 1. The zero-order valence-electron chi connectivity index (χ0n) is 9.32. The quantitative estimate of drug-likeness (QED) is 0.691. The molecule has 1 aliphatic heterocycles. The third kappa shape index (κ3) is 2.37. The monoisotopic (exact) mass is 202 g/mol. The van der Waals surface area contributed by atoms with E-state index in [2.05, 4.69) is 0 Å². The van der Waals surface area contributed by atoms with Gasteiger partial charge in [-0.2, -0.15) is 0 Å². The predicted molar refractivity (Wildman–Crippen MR) is 49.0 cm³/mol. The van der Waals surface area contributed by atoms with Gasteiger partial charge in [0.15, 0.2) is 0 Å². The molecule has 5 heteroatoms. The summed E-state index contributed by atoms with van der Waals surface area (Å²) >= 11 is 0. The molecule has 0 aromatic heterocycles. The van der Waals surface area contributed by atoms with Gasteiger partial charge < -0.3 is 9.84 Å². The first-order chi connectivity index (χ1) is 6.87. The van der Waals surface area contributed by atoms with Crippen LogP contribution in [-0.4, -0.2) is 40.3 Å². The Hall–Kier alpha value is -1.26. The molecule has 0 aromatic carbocycles. The lowest BCUT2D eigenvalue weighted by Gasteiger charge is -2.38. The third-order valence-corrected chi connectivity index (χ3v) is 1.90. The van der Waals surface area contributed by atoms with E-state index in [4.69, 9.17) is 11.2 Å². The standard InChI is InChI=1S/C9H15NO4/c1-9(2,3)14-8(13)10-5-4-6(10)7(11)12/h6H,4-5H2,1-3H3,(H,11,12)/i1D. The van der Waals surface area contributed by atoms with E-state index in [1.54, 1.807) is 13.8 Å². The summed E-state index contributed by atoms with van der Waals surface area (Å²) in [5, 5.41) is 8.72. The molecule has 0 radical (unpaired) electrons. The van der Waals surface area contributed by atoms with E-state index in [9.17, 15) is 9.59 Å². The van der Waals surface area contributed by atoms with Crippen LogP contribution in [0.5, 0.6) is 0 Å². The Kier molecular flexibility index (Phi) is 2.31. The summed E-state index contributed by atoms with van der Waals surface area (Å²) in [6.45, 7) is 3.59. The molecule has 5 nitrogen and oxygen atoms in total. The zero-order valence-corrected chi connectivity index (χ0v) is 8.32. The van der Waals surface area contributed by atoms with Crippen LogP contribution in [0, 0.1) is 0 Å². The van der Waals surface area contributed by atoms with Crippen molar-refractivity contribution in [1.82, 2.24) is 4.90 Å². The molecule has 14 heavy (non-hydrogen) atoms. The van der Waals surface area contributed by atoms with E-state index in [1.165, 1.54) is 4.90 Å². The van der Waals surface area contributed by atoms with E-state index in [-0.39, 0.29) is 6.90 Å². The number of nitrogens with zero attached hydrogens (tertiary/aromatic N) is 1. The first-order valence-corrected chi connectivity index (χ1v) is 4.39. The number of carbonyl (C=O) groups is 2. The minimum absolute atomic E-state index is 0.0513. The number of likely N-dealkylation sites (tertiary alicyclic amines) is 1. The molecular weight excluding hydrogens is 186 g/mol. The molecule has 0 spiro atoms. The molecule has 1 heterocycles. The van der Waals surface area contributed by atoms with Crippen molar-refractivity contribution >= 4 is 12.1 Å². The van der Waals surface area contributed by atoms with Gasteiger partial charge in [0.2, 0.25) is 0 Å². The van der Waals surface area contributed by atoms with Gasteiger partial charge in [0.25, 0.3) is 0 Å². The van der Waals surface area contributed by atoms with E-state index in [0.29, 0.717) is 13.0 Å². The lowest BCUT2D eigenvalue weighted by Crippen LogP contribution is -2.56. The molecule has 0 aliphatic carbocycles. The van der Waals surface area contributed by atoms with Crippen molar-refractivity contribution in [3.8, 4) is 0 Å². The normalized spacial score (nSPS) is 22.3. The largest absolute Gasteiger partial charge is 0.480 e. The van der Waals surface area contributed by atoms with Crippen LogP contribution in [0.2, 0.25) is 0 Å². The molecule has 1 unspecified atom stereocenters. The SMILES string of the molecule is [2H]CC(C)(C)OC(=O)N1CCC1C(=O)O. The van der Waals surface area contributed by atoms with Crippen LogP contribution in [-0.2, 0) is 9.53 Å². The summed E-state index contributed by atoms with van der Waals surface area (Å²) in [6, 6.07) is -0.765. The topological polar surface area (TPSA) is 66.8 Å². The maximum Gasteiger partial charge on any atom is 0.411 e. The van der Waals surface area contributed by atoms with E-state index in [1.807, 2.05) is 0 Å². The first kappa shape index (κ1) is 9.30. The van der Waals surface area contributed by atoms with Crippen molar-refractivity contribution in [2.24, 2.45) is 0 Å². The second kappa shape index (κ2) is 3.48. The van der Waals surface area contributed by atoms with Gasteiger partial charge in [-0.3, -0.25) is 4.90 Å². The highest BCUT2D eigenvalue weighted by Crippen LogP contribution is 2.21. The average Bonchev–Trinajstić information content (AvgIpc) is 1.99. The Bertz CT molecular complexity index is 279. The van der Waals surface area contributed by atoms with Crippen molar-refractivity contribution < 1.29 is 20.8 Å². The minimum atomic E-state index is -1.01. The summed E-state index contributed by atoms with van der Waals surface area (Å²) in [4.78, 5) is 23.3. The minimum Gasteiger partial charge on any atom is -0.480 e. The summed E-state index contributed by atoms with van der Waals surface area (Å²) in [7, 11) is 0. The van der Waals surface area contributed by atoms with Crippen LogP contribution in [0.3, 0.4) is 0 Å². The van der Waals surface area contributed by atoms with E-state index < -0.39 is 23.7 Å². The van der Waals surface area contributed by atoms with Gasteiger partial charge in [-0.25, -0.2) is 9.59 Å². The van der Waals surface area contributed by atoms with Crippen molar-refractivity contribution in [2.45, 2.75) is 38.8 Å². The van der Waals surface area contributed by atoms with Crippen LogP contribution in [0.4, 0.5) is 4.79 Å². The zero-order chi connectivity index (χ0) is 11.6. The highest BCUT2D eigenvalue weighted by molar-refractivity contribution is 5.82. The van der Waals surface area contributed by atoms with Gasteiger partial charge in [0, 0.05) is 7.92 Å². The van der Waals surface area contributed by atoms with Gasteiger partial charge in [-0.05, 0) is 27.2 Å². The van der Waals surface area contributed by atoms with Gasteiger partial charge >= 0.3 is 12.1 Å². The molecule has 1 fully saturated rings. The Balaban J connectivity index is 2.52. The van der Waals surface area contributed by atoms with Crippen molar-refractivity contribution in [2.75, 3.05) is 6.54 Å². The molecule has 1 saturated heterocycles. The Morgan fingerprint density at radius 2 is 2.29 bits per heavy atom. The van der Waals surface area contributed by atoms with E-state index in [0.717, 1.165) is 0 Å². The smallest absolute Gasteiger partial charge is 0.411 e. The molecule has 0 bridgehead atoms. The summed E-state index contributed by atoms with van der Waals surface area (Å²) < 4.78 is 12.1. The van der Waals surface area contributed by atoms with E-state index >= 15 is 0 Å². The Morgan fingerprint density at radius 3 is 2.64 bits per heavy atom. The second-order valence-electron chi connectivity index (χ2n) is 3.96. The van der Waals surface area contributed by atoms with Crippen LogP contribution in [0.1, 0.15) is 28.5 Å². The molecule has 0 saturated carbocycles. The van der Waals surface area contributed by atoms with Gasteiger partial charge in [-0.15, -0.1) is 0 Å². The maximum atomic E-state index is 11.5. The van der Waals surface area contributed by atoms with Gasteiger partial charge in [0.05, 0.1) is 0 Å². The fraction of sp³-hybridized carbons (Fsp3) is 0.778. The van der Waals surface area contributed by atoms with Crippen LogP contribution in [0.15, 0.2) is 0 Å². The van der Waals surface area contributed by atoms with Crippen LogP contribution < -0.4 is 0 Å². The lowest BCUT2D eigenvalue weighted by molar-refractivity contribution is -0.147. The summed E-state index contributed by atoms with van der Waals surface area (Å²) in [6.07, 6.45) is -0.183. The lowest BCUT2D eigenvalue weighted by atomic mass is 10.0. The van der Waals surface area contributed by atoms with Crippen LogP contribution >= 0.6 is 0 Å². The number of aliphatic carboxylic acids is 1. The number of rotatable bonds is 1. The average molecular weight is 202 g/mol. The molecule has 1 amide bonds. The molecule has 0 aromatic rings. The first-order valence-electron chi connectivity index (χ1n) is 5.10. The maximum absolute atomic E-state index is 11.5. The summed E-state index contributed by atoms with van der Waals surface area (Å²) in [5.41, 5.74) is -0.865. The van der Waals surface area contributed by atoms with Crippen molar-refractivity contribution in [3.63, 3.8) is 0 Å². The number of amides is 1. The molecule has 80 valence electrons. The fourth-order valence-electron chi connectivity index (χ4n) is 1.16. The fourth-order valence-corrected chi connectivity index (χ4v) is 1.16. The van der Waals surface area contributed by atoms with Gasteiger partial charge in [-0.1, -0.05) is 0 Å². The third-order valence-electron chi connectivity index (χ3n) is 1.90. The number of hydrogen-bond acceptors (Lipinski definition) is 3. The molecule has 1 aliphatic rings. The van der Waals surface area contributed by atoms with Gasteiger partial charge in [0.1, 0.15) is 11.6 Å². The highest BCUT2D eigenvalue weighted by Gasteiger charge is 2.39. The predicted octanol–water partition coefficient (Wildman–Crippen LogP) is 1.08. The van der Waals surface area contributed by atoms with Crippen LogP contribution in [0.25, 0.3) is 0 Å². The van der Waals surface area contributed by atoms with Crippen molar-refractivity contribution in [3.05, 3.63) is 0 Å². The molecular formula is C9H15NO4. The summed E-state index contributed by atoms with van der Waals surface area (Å²) in [5.74, 6) is -1.01. The number of ether oxygens (including phenoxy) is 1. The molecule has 1 N–H and O–H groups in total. The molecule has 1 atom stereocenters. The Labute approximate surface area is 84.0 Å². The highest BCUT2D eigenvalue weighted by atomic mass is 16.6. The number of hydrogen-bond donors (Lipinski definition) is 1. The number of carbonyl (C=O) groups excluding carboxylic acids is 1.